The average molecular weight is 270 g/mol. The largest absolute Gasteiger partial charge is 0.372 e. The van der Waals surface area contributed by atoms with E-state index in [-0.39, 0.29) is 5.91 Å². The number of aryl methyl sites for hydroxylation is 1. The SMILES string of the molecule is CCCc1ccc(NC(=O)c2ccc(NC)nn2)cc1. The van der Waals surface area contributed by atoms with E-state index in [9.17, 15) is 4.79 Å². The minimum absolute atomic E-state index is 0.261. The second-order valence-electron chi connectivity index (χ2n) is 4.45. The molecule has 1 aromatic carbocycles. The summed E-state index contributed by atoms with van der Waals surface area (Å²) in [5.41, 5.74) is 2.32. The molecule has 1 amide bonds. The van der Waals surface area contributed by atoms with Gasteiger partial charge in [-0.15, -0.1) is 10.2 Å². The van der Waals surface area contributed by atoms with E-state index in [1.54, 1.807) is 19.2 Å². The maximum Gasteiger partial charge on any atom is 0.276 e. The number of nitrogens with zero attached hydrogens (tertiary/aromatic N) is 2. The van der Waals surface area contributed by atoms with Crippen LogP contribution in [-0.2, 0) is 6.42 Å². The lowest BCUT2D eigenvalue weighted by Gasteiger charge is -2.06. The Labute approximate surface area is 118 Å². The molecule has 1 aromatic heterocycles. The standard InChI is InChI=1S/C15H18N4O/c1-3-4-11-5-7-12(8-6-11)17-15(20)13-9-10-14(16-2)19-18-13/h5-10H,3-4H2,1-2H3,(H,16,19)(H,17,20). The molecule has 0 bridgehead atoms. The van der Waals surface area contributed by atoms with E-state index in [2.05, 4.69) is 27.8 Å². The smallest absolute Gasteiger partial charge is 0.276 e. The molecule has 0 aliphatic rings. The Bertz CT molecular complexity index is 563. The van der Waals surface area contributed by atoms with Crippen molar-refractivity contribution in [2.75, 3.05) is 17.7 Å². The number of rotatable bonds is 5. The predicted octanol–water partition coefficient (Wildman–Crippen LogP) is 2.72. The first kappa shape index (κ1) is 14.0. The maximum absolute atomic E-state index is 12.0. The molecule has 0 spiro atoms. The molecule has 0 aliphatic carbocycles. The van der Waals surface area contributed by atoms with Crippen molar-refractivity contribution in [1.29, 1.82) is 0 Å². The summed E-state index contributed by atoms with van der Waals surface area (Å²) in [5, 5.41) is 13.4. The number of aromatic nitrogens is 2. The summed E-state index contributed by atoms with van der Waals surface area (Å²) in [6.45, 7) is 2.14. The first-order valence-electron chi connectivity index (χ1n) is 6.64. The molecule has 0 saturated heterocycles. The van der Waals surface area contributed by atoms with Crippen LogP contribution in [0.3, 0.4) is 0 Å². The predicted molar refractivity (Wildman–Crippen MR) is 80.0 cm³/mol. The normalized spacial score (nSPS) is 10.1. The van der Waals surface area contributed by atoms with Crippen LogP contribution in [0.25, 0.3) is 0 Å². The van der Waals surface area contributed by atoms with Crippen molar-refractivity contribution in [3.63, 3.8) is 0 Å². The van der Waals surface area contributed by atoms with Crippen LogP contribution < -0.4 is 10.6 Å². The van der Waals surface area contributed by atoms with Gasteiger partial charge >= 0.3 is 0 Å². The van der Waals surface area contributed by atoms with Crippen LogP contribution in [0, 0.1) is 0 Å². The zero-order valence-corrected chi connectivity index (χ0v) is 11.7. The maximum atomic E-state index is 12.0. The van der Waals surface area contributed by atoms with Gasteiger partial charge in [0.05, 0.1) is 0 Å². The number of anilines is 2. The van der Waals surface area contributed by atoms with E-state index >= 15 is 0 Å². The van der Waals surface area contributed by atoms with Crippen LogP contribution >= 0.6 is 0 Å². The molecule has 2 aromatic rings. The van der Waals surface area contributed by atoms with Crippen molar-refractivity contribution in [3.05, 3.63) is 47.7 Å². The van der Waals surface area contributed by atoms with Crippen molar-refractivity contribution < 1.29 is 4.79 Å². The fourth-order valence-electron chi connectivity index (χ4n) is 1.83. The molecule has 0 unspecified atom stereocenters. The van der Waals surface area contributed by atoms with Crippen LogP contribution in [-0.4, -0.2) is 23.2 Å². The Morgan fingerprint density at radius 3 is 2.40 bits per heavy atom. The molecular weight excluding hydrogens is 252 g/mol. The number of carbonyl (C=O) groups excluding carboxylic acids is 1. The second kappa shape index (κ2) is 6.65. The van der Waals surface area contributed by atoms with Gasteiger partial charge in [0.1, 0.15) is 5.82 Å². The molecular formula is C15H18N4O. The summed E-state index contributed by atoms with van der Waals surface area (Å²) >= 11 is 0. The number of nitrogens with one attached hydrogen (secondary N) is 2. The van der Waals surface area contributed by atoms with Crippen molar-refractivity contribution >= 4 is 17.4 Å². The van der Waals surface area contributed by atoms with Crippen molar-refractivity contribution in [1.82, 2.24) is 10.2 Å². The van der Waals surface area contributed by atoms with Gasteiger partial charge in [-0.2, -0.15) is 0 Å². The lowest BCUT2D eigenvalue weighted by atomic mass is 10.1. The van der Waals surface area contributed by atoms with Crippen molar-refractivity contribution in [3.8, 4) is 0 Å². The number of benzene rings is 1. The summed E-state index contributed by atoms with van der Waals surface area (Å²) < 4.78 is 0. The molecule has 1 heterocycles. The average Bonchev–Trinajstić information content (AvgIpc) is 2.49. The Morgan fingerprint density at radius 1 is 1.10 bits per heavy atom. The number of amides is 1. The van der Waals surface area contributed by atoms with Gasteiger partial charge in [-0.3, -0.25) is 4.79 Å². The molecule has 0 saturated carbocycles. The highest BCUT2D eigenvalue weighted by Gasteiger charge is 2.08. The quantitative estimate of drug-likeness (QED) is 0.876. The fraction of sp³-hybridized carbons (Fsp3) is 0.267. The summed E-state index contributed by atoms with van der Waals surface area (Å²) in [6.07, 6.45) is 2.16. The van der Waals surface area contributed by atoms with Crippen LogP contribution in [0.15, 0.2) is 36.4 Å². The summed E-state index contributed by atoms with van der Waals surface area (Å²) in [7, 11) is 1.75. The molecule has 5 nitrogen and oxygen atoms in total. The zero-order valence-electron chi connectivity index (χ0n) is 11.7. The van der Waals surface area contributed by atoms with Gasteiger partial charge < -0.3 is 10.6 Å². The molecule has 5 heteroatoms. The summed E-state index contributed by atoms with van der Waals surface area (Å²) in [6, 6.07) is 11.2. The van der Waals surface area contributed by atoms with Crippen molar-refractivity contribution in [2.24, 2.45) is 0 Å². The fourth-order valence-corrected chi connectivity index (χ4v) is 1.83. The third-order valence-corrected chi connectivity index (χ3v) is 2.90. The molecule has 20 heavy (non-hydrogen) atoms. The minimum atomic E-state index is -0.261. The van der Waals surface area contributed by atoms with Crippen LogP contribution in [0.5, 0.6) is 0 Å². The van der Waals surface area contributed by atoms with Gasteiger partial charge in [-0.25, -0.2) is 0 Å². The van der Waals surface area contributed by atoms with Gasteiger partial charge in [0.15, 0.2) is 5.69 Å². The van der Waals surface area contributed by atoms with E-state index in [0.29, 0.717) is 11.5 Å². The Morgan fingerprint density at radius 2 is 1.85 bits per heavy atom. The second-order valence-corrected chi connectivity index (χ2v) is 4.45. The minimum Gasteiger partial charge on any atom is -0.372 e. The lowest BCUT2D eigenvalue weighted by Crippen LogP contribution is -2.14. The third kappa shape index (κ3) is 3.54. The molecule has 104 valence electrons. The van der Waals surface area contributed by atoms with E-state index in [4.69, 9.17) is 0 Å². The molecule has 2 rings (SSSR count). The topological polar surface area (TPSA) is 66.9 Å². The third-order valence-electron chi connectivity index (χ3n) is 2.90. The molecule has 0 radical (unpaired) electrons. The number of hydrogen-bond donors (Lipinski definition) is 2. The van der Waals surface area contributed by atoms with Gasteiger partial charge in [-0.05, 0) is 36.2 Å². The van der Waals surface area contributed by atoms with Gasteiger partial charge in [0.2, 0.25) is 0 Å². The zero-order chi connectivity index (χ0) is 14.4. The van der Waals surface area contributed by atoms with Crippen LogP contribution in [0.4, 0.5) is 11.5 Å². The van der Waals surface area contributed by atoms with Gasteiger partial charge in [0.25, 0.3) is 5.91 Å². The van der Waals surface area contributed by atoms with Crippen LogP contribution in [0.1, 0.15) is 29.4 Å². The van der Waals surface area contributed by atoms with Crippen molar-refractivity contribution in [2.45, 2.75) is 19.8 Å². The van der Waals surface area contributed by atoms with E-state index in [1.165, 1.54) is 5.56 Å². The van der Waals surface area contributed by atoms with Crippen LogP contribution in [0.2, 0.25) is 0 Å². The van der Waals surface area contributed by atoms with Gasteiger partial charge in [0, 0.05) is 12.7 Å². The first-order chi connectivity index (χ1) is 9.72. The molecule has 2 N–H and O–H groups in total. The Kier molecular flexibility index (Phi) is 4.65. The highest BCUT2D eigenvalue weighted by molar-refractivity contribution is 6.02. The molecule has 0 fully saturated rings. The summed E-state index contributed by atoms with van der Waals surface area (Å²) in [5.74, 6) is 0.369. The van der Waals surface area contributed by atoms with E-state index in [1.807, 2.05) is 24.3 Å². The van der Waals surface area contributed by atoms with Gasteiger partial charge in [-0.1, -0.05) is 25.5 Å². The Balaban J connectivity index is 2.02. The molecule has 0 aliphatic heterocycles. The summed E-state index contributed by atoms with van der Waals surface area (Å²) in [4.78, 5) is 12.0. The lowest BCUT2D eigenvalue weighted by molar-refractivity contribution is 0.102. The molecule has 0 atom stereocenters. The Hall–Kier alpha value is -2.43. The van der Waals surface area contributed by atoms with E-state index in [0.717, 1.165) is 18.5 Å². The highest BCUT2D eigenvalue weighted by atomic mass is 16.1. The number of hydrogen-bond acceptors (Lipinski definition) is 4. The number of carbonyl (C=O) groups is 1. The monoisotopic (exact) mass is 270 g/mol. The van der Waals surface area contributed by atoms with E-state index < -0.39 is 0 Å². The highest BCUT2D eigenvalue weighted by Crippen LogP contribution is 2.12. The first-order valence-corrected chi connectivity index (χ1v) is 6.64.